The Balaban J connectivity index is 2.30. The van der Waals surface area contributed by atoms with Gasteiger partial charge in [-0.2, -0.15) is 0 Å². The summed E-state index contributed by atoms with van der Waals surface area (Å²) in [5.74, 6) is -1.20. The number of rotatable bonds is 3. The van der Waals surface area contributed by atoms with Crippen LogP contribution in [0.4, 0.5) is 11.4 Å². The highest BCUT2D eigenvalue weighted by Crippen LogP contribution is 2.36. The maximum atomic E-state index is 11.1. The fourth-order valence-electron chi connectivity index (χ4n) is 2.64. The molecule has 0 radical (unpaired) electrons. The molecule has 1 aliphatic heterocycles. The van der Waals surface area contributed by atoms with Gasteiger partial charge < -0.3 is 10.0 Å². The minimum Gasteiger partial charge on any atom is -0.481 e. The Kier molecular flexibility index (Phi) is 4.13. The summed E-state index contributed by atoms with van der Waals surface area (Å²) in [5, 5.41) is 20.6. The number of carboxylic acid groups (broad SMARTS) is 1. The third kappa shape index (κ3) is 2.85. The number of carbonyl (C=O) groups is 1. The van der Waals surface area contributed by atoms with E-state index in [1.807, 2.05) is 11.8 Å². The lowest BCUT2D eigenvalue weighted by atomic mass is 9.91. The number of carboxylic acids is 1. The van der Waals surface area contributed by atoms with Gasteiger partial charge in [-0.25, -0.2) is 0 Å². The molecule has 0 spiro atoms. The van der Waals surface area contributed by atoms with Crippen LogP contribution in [0.25, 0.3) is 0 Å². The number of aliphatic carboxylic acids is 1. The Labute approximate surface area is 121 Å². The number of nitro benzene ring substituents is 1. The smallest absolute Gasteiger partial charge is 0.306 e. The van der Waals surface area contributed by atoms with Gasteiger partial charge in [0.15, 0.2) is 0 Å². The lowest BCUT2D eigenvalue weighted by molar-refractivity contribution is -0.384. The van der Waals surface area contributed by atoms with E-state index in [1.165, 1.54) is 12.1 Å². The average Bonchev–Trinajstić information content (AvgIpc) is 2.37. The Hall–Kier alpha value is -1.82. The van der Waals surface area contributed by atoms with Crippen LogP contribution in [0.15, 0.2) is 18.2 Å². The summed E-state index contributed by atoms with van der Waals surface area (Å²) < 4.78 is 0. The first-order valence-corrected chi connectivity index (χ1v) is 6.71. The van der Waals surface area contributed by atoms with E-state index < -0.39 is 10.9 Å². The van der Waals surface area contributed by atoms with Crippen molar-refractivity contribution in [3.8, 4) is 0 Å². The molecule has 1 N–H and O–H groups in total. The van der Waals surface area contributed by atoms with Crippen molar-refractivity contribution in [2.75, 3.05) is 11.4 Å². The molecule has 2 unspecified atom stereocenters. The van der Waals surface area contributed by atoms with Crippen LogP contribution < -0.4 is 4.90 Å². The molecule has 20 heavy (non-hydrogen) atoms. The van der Waals surface area contributed by atoms with Crippen LogP contribution >= 0.6 is 11.6 Å². The largest absolute Gasteiger partial charge is 0.481 e. The Morgan fingerprint density at radius 3 is 2.80 bits per heavy atom. The third-order valence-corrected chi connectivity index (χ3v) is 3.90. The number of halogens is 1. The van der Waals surface area contributed by atoms with Crippen molar-refractivity contribution < 1.29 is 14.8 Å². The Morgan fingerprint density at radius 2 is 2.25 bits per heavy atom. The zero-order valence-electron chi connectivity index (χ0n) is 11.0. The topological polar surface area (TPSA) is 83.7 Å². The molecule has 1 aromatic carbocycles. The monoisotopic (exact) mass is 298 g/mol. The van der Waals surface area contributed by atoms with Gasteiger partial charge in [0.1, 0.15) is 5.69 Å². The van der Waals surface area contributed by atoms with Gasteiger partial charge >= 0.3 is 5.97 Å². The van der Waals surface area contributed by atoms with Crippen LogP contribution in [0.2, 0.25) is 5.02 Å². The van der Waals surface area contributed by atoms with Crippen LogP contribution in [-0.2, 0) is 4.79 Å². The van der Waals surface area contributed by atoms with Crippen molar-refractivity contribution in [3.05, 3.63) is 33.3 Å². The van der Waals surface area contributed by atoms with Crippen LogP contribution in [0.5, 0.6) is 0 Å². The van der Waals surface area contributed by atoms with E-state index in [1.54, 1.807) is 6.07 Å². The van der Waals surface area contributed by atoms with E-state index in [0.29, 0.717) is 30.1 Å². The predicted molar refractivity (Wildman–Crippen MR) is 75.3 cm³/mol. The summed E-state index contributed by atoms with van der Waals surface area (Å²) >= 11 is 5.92. The van der Waals surface area contributed by atoms with Crippen molar-refractivity contribution in [2.24, 2.45) is 5.92 Å². The SMILES string of the molecule is CC1CC(C(=O)O)CCN1c1cc(Cl)ccc1[N+](=O)[O-]. The van der Waals surface area contributed by atoms with E-state index in [0.717, 1.165) is 0 Å². The second-order valence-corrected chi connectivity index (χ2v) is 5.43. The van der Waals surface area contributed by atoms with Crippen molar-refractivity contribution in [3.63, 3.8) is 0 Å². The number of nitrogens with zero attached hydrogens (tertiary/aromatic N) is 2. The van der Waals surface area contributed by atoms with Crippen LogP contribution in [0.3, 0.4) is 0 Å². The van der Waals surface area contributed by atoms with E-state index in [2.05, 4.69) is 0 Å². The molecule has 1 fully saturated rings. The highest BCUT2D eigenvalue weighted by atomic mass is 35.5. The molecule has 0 aromatic heterocycles. The van der Waals surface area contributed by atoms with Gasteiger partial charge in [-0.15, -0.1) is 0 Å². The molecule has 1 heterocycles. The van der Waals surface area contributed by atoms with E-state index >= 15 is 0 Å². The molecular weight excluding hydrogens is 284 g/mol. The lowest BCUT2D eigenvalue weighted by Crippen LogP contribution is -2.43. The molecule has 108 valence electrons. The Morgan fingerprint density at radius 1 is 1.55 bits per heavy atom. The summed E-state index contributed by atoms with van der Waals surface area (Å²) in [4.78, 5) is 23.5. The molecule has 1 aromatic rings. The summed E-state index contributed by atoms with van der Waals surface area (Å²) in [5.41, 5.74) is 0.453. The molecule has 0 amide bonds. The van der Waals surface area contributed by atoms with Crippen molar-refractivity contribution in [1.82, 2.24) is 0 Å². The fourth-order valence-corrected chi connectivity index (χ4v) is 2.80. The van der Waals surface area contributed by atoms with E-state index in [4.69, 9.17) is 16.7 Å². The molecule has 1 saturated heterocycles. The van der Waals surface area contributed by atoms with E-state index in [9.17, 15) is 14.9 Å². The predicted octanol–water partition coefficient (Wildman–Crippen LogP) is 2.94. The number of piperidine rings is 1. The van der Waals surface area contributed by atoms with E-state index in [-0.39, 0.29) is 17.6 Å². The van der Waals surface area contributed by atoms with Crippen LogP contribution in [0, 0.1) is 16.0 Å². The average molecular weight is 299 g/mol. The van der Waals surface area contributed by atoms with Gasteiger partial charge in [-0.3, -0.25) is 14.9 Å². The molecular formula is C13H15ClN2O4. The minimum absolute atomic E-state index is 0.00461. The molecule has 0 aliphatic carbocycles. The fraction of sp³-hybridized carbons (Fsp3) is 0.462. The quantitative estimate of drug-likeness (QED) is 0.685. The summed E-state index contributed by atoms with van der Waals surface area (Å²) in [6.45, 7) is 2.35. The van der Waals surface area contributed by atoms with Gasteiger partial charge in [0, 0.05) is 23.7 Å². The highest BCUT2D eigenvalue weighted by molar-refractivity contribution is 6.31. The summed E-state index contributed by atoms with van der Waals surface area (Å²) in [6, 6.07) is 4.35. The number of nitro groups is 1. The molecule has 2 atom stereocenters. The van der Waals surface area contributed by atoms with Gasteiger partial charge in [0.25, 0.3) is 5.69 Å². The molecule has 1 aliphatic rings. The normalized spacial score (nSPS) is 22.6. The molecule has 0 bridgehead atoms. The summed E-state index contributed by atoms with van der Waals surface area (Å²) in [7, 11) is 0. The Bertz CT molecular complexity index is 549. The maximum absolute atomic E-state index is 11.1. The molecule has 7 heteroatoms. The van der Waals surface area contributed by atoms with Gasteiger partial charge in [0.05, 0.1) is 10.8 Å². The highest BCUT2D eigenvalue weighted by Gasteiger charge is 2.32. The zero-order chi connectivity index (χ0) is 14.9. The van der Waals surface area contributed by atoms with Crippen LogP contribution in [-0.4, -0.2) is 28.6 Å². The number of hydrogen-bond acceptors (Lipinski definition) is 4. The van der Waals surface area contributed by atoms with Gasteiger partial charge in [-0.1, -0.05) is 11.6 Å². The first kappa shape index (κ1) is 14.6. The first-order chi connectivity index (χ1) is 9.40. The maximum Gasteiger partial charge on any atom is 0.306 e. The van der Waals surface area contributed by atoms with Crippen molar-refractivity contribution in [1.29, 1.82) is 0 Å². The summed E-state index contributed by atoms with van der Waals surface area (Å²) in [6.07, 6.45) is 0.947. The van der Waals surface area contributed by atoms with Gasteiger partial charge in [-0.05, 0) is 31.9 Å². The van der Waals surface area contributed by atoms with Crippen molar-refractivity contribution >= 4 is 28.9 Å². The first-order valence-electron chi connectivity index (χ1n) is 6.33. The zero-order valence-corrected chi connectivity index (χ0v) is 11.7. The second kappa shape index (κ2) is 5.66. The second-order valence-electron chi connectivity index (χ2n) is 4.99. The minimum atomic E-state index is -0.808. The number of hydrogen-bond donors (Lipinski definition) is 1. The molecule has 2 rings (SSSR count). The van der Waals surface area contributed by atoms with Crippen LogP contribution in [0.1, 0.15) is 19.8 Å². The molecule has 6 nitrogen and oxygen atoms in total. The van der Waals surface area contributed by atoms with Gasteiger partial charge in [0.2, 0.25) is 0 Å². The van der Waals surface area contributed by atoms with Crippen molar-refractivity contribution in [2.45, 2.75) is 25.8 Å². The standard InChI is InChI=1S/C13H15ClN2O4/c1-8-6-9(13(17)18)4-5-15(8)12-7-10(14)2-3-11(12)16(19)20/h2-3,7-9H,4-6H2,1H3,(H,17,18). The molecule has 0 saturated carbocycles. The lowest BCUT2D eigenvalue weighted by Gasteiger charge is -2.37. The number of anilines is 1. The number of benzene rings is 1. The third-order valence-electron chi connectivity index (χ3n) is 3.67.